The molecule has 0 spiro atoms. The zero-order valence-corrected chi connectivity index (χ0v) is 10.3. The first-order chi connectivity index (χ1) is 7.17. The van der Waals surface area contributed by atoms with Crippen molar-refractivity contribution in [1.29, 1.82) is 0 Å². The van der Waals surface area contributed by atoms with E-state index < -0.39 is 4.33 Å². The fourth-order valence-electron chi connectivity index (χ4n) is 1.45. The topological polar surface area (TPSA) is 43.6 Å². The largest absolute Gasteiger partial charge is 0.217 e. The van der Waals surface area contributed by atoms with Crippen LogP contribution >= 0.6 is 35.0 Å². The number of rotatable bonds is 4. The SMILES string of the molecule is ClC1(Cl)C[C@@H]1CSc1nnnn1C1CC1. The van der Waals surface area contributed by atoms with Gasteiger partial charge < -0.3 is 0 Å². The van der Waals surface area contributed by atoms with Gasteiger partial charge in [0.15, 0.2) is 0 Å². The number of halogens is 2. The average molecular weight is 265 g/mol. The highest BCUT2D eigenvalue weighted by Crippen LogP contribution is 2.54. The van der Waals surface area contributed by atoms with Gasteiger partial charge in [0.1, 0.15) is 4.33 Å². The summed E-state index contributed by atoms with van der Waals surface area (Å²) in [6.45, 7) is 0. The summed E-state index contributed by atoms with van der Waals surface area (Å²) >= 11 is 13.6. The van der Waals surface area contributed by atoms with Gasteiger partial charge in [-0.1, -0.05) is 11.8 Å². The Bertz CT molecular complexity index is 376. The number of nitrogens with zero attached hydrogens (tertiary/aromatic N) is 4. The summed E-state index contributed by atoms with van der Waals surface area (Å²) < 4.78 is 1.42. The van der Waals surface area contributed by atoms with Gasteiger partial charge in [0.05, 0.1) is 6.04 Å². The first-order valence-corrected chi connectivity index (χ1v) is 6.69. The quantitative estimate of drug-likeness (QED) is 0.619. The first kappa shape index (κ1) is 10.2. The van der Waals surface area contributed by atoms with Gasteiger partial charge in [0.25, 0.3) is 0 Å². The molecule has 15 heavy (non-hydrogen) atoms. The predicted octanol–water partition coefficient (Wildman–Crippen LogP) is 2.29. The number of aromatic nitrogens is 4. The molecule has 1 heterocycles. The minimum absolute atomic E-state index is 0.384. The predicted molar refractivity (Wildman–Crippen MR) is 59.4 cm³/mol. The highest BCUT2D eigenvalue weighted by Gasteiger charge is 2.51. The van der Waals surface area contributed by atoms with Crippen LogP contribution in [-0.2, 0) is 0 Å². The molecule has 2 fully saturated rings. The third-order valence-corrected chi connectivity index (χ3v) is 4.75. The van der Waals surface area contributed by atoms with Crippen molar-refractivity contribution in [3.63, 3.8) is 0 Å². The molecule has 2 aliphatic rings. The van der Waals surface area contributed by atoms with Crippen LogP contribution in [0.4, 0.5) is 0 Å². The van der Waals surface area contributed by atoms with E-state index in [1.54, 1.807) is 11.8 Å². The van der Waals surface area contributed by atoms with E-state index in [0.717, 1.165) is 17.3 Å². The molecule has 0 unspecified atom stereocenters. The van der Waals surface area contributed by atoms with Crippen LogP contribution in [0.3, 0.4) is 0 Å². The maximum Gasteiger partial charge on any atom is 0.209 e. The molecule has 82 valence electrons. The van der Waals surface area contributed by atoms with Crippen LogP contribution in [0.1, 0.15) is 25.3 Å². The van der Waals surface area contributed by atoms with Gasteiger partial charge in [0, 0.05) is 11.7 Å². The van der Waals surface area contributed by atoms with E-state index in [-0.39, 0.29) is 0 Å². The highest BCUT2D eigenvalue weighted by molar-refractivity contribution is 7.99. The van der Waals surface area contributed by atoms with Gasteiger partial charge in [-0.2, -0.15) is 0 Å². The molecule has 0 amide bonds. The van der Waals surface area contributed by atoms with E-state index in [1.165, 1.54) is 12.8 Å². The molecule has 7 heteroatoms. The van der Waals surface area contributed by atoms with E-state index in [1.807, 2.05) is 4.68 Å². The van der Waals surface area contributed by atoms with Crippen molar-refractivity contribution in [2.75, 3.05) is 5.75 Å². The molecule has 0 bridgehead atoms. The lowest BCUT2D eigenvalue weighted by molar-refractivity contribution is 0.565. The summed E-state index contributed by atoms with van der Waals surface area (Å²) in [4.78, 5) is 0. The summed E-state index contributed by atoms with van der Waals surface area (Å²) in [5.41, 5.74) is 0. The van der Waals surface area contributed by atoms with E-state index in [0.29, 0.717) is 12.0 Å². The third-order valence-electron chi connectivity index (χ3n) is 2.72. The fourth-order valence-corrected chi connectivity index (χ4v) is 3.33. The molecule has 1 atom stereocenters. The lowest BCUT2D eigenvalue weighted by Crippen LogP contribution is -2.00. The summed E-state index contributed by atoms with van der Waals surface area (Å²) in [6, 6.07) is 0.526. The molecule has 0 radical (unpaired) electrons. The third kappa shape index (κ3) is 2.10. The summed E-state index contributed by atoms with van der Waals surface area (Å²) in [5, 5.41) is 12.6. The standard InChI is InChI=1S/C8H10Cl2N4S/c9-8(10)3-5(8)4-15-7-11-12-13-14(7)6-1-2-6/h5-6H,1-4H2/t5-/m1/s1. The molecular weight excluding hydrogens is 255 g/mol. The maximum atomic E-state index is 5.96. The molecule has 0 N–H and O–H groups in total. The highest BCUT2D eigenvalue weighted by atomic mass is 35.5. The Morgan fingerprint density at radius 2 is 2.20 bits per heavy atom. The van der Waals surface area contributed by atoms with Crippen molar-refractivity contribution in [2.45, 2.75) is 34.8 Å². The summed E-state index contributed by atoms with van der Waals surface area (Å²) in [5.74, 6) is 1.29. The van der Waals surface area contributed by atoms with Gasteiger partial charge in [-0.15, -0.1) is 28.3 Å². The lowest BCUT2D eigenvalue weighted by Gasteiger charge is -2.01. The molecular formula is C8H10Cl2N4S. The fraction of sp³-hybridized carbons (Fsp3) is 0.875. The van der Waals surface area contributed by atoms with Gasteiger partial charge in [-0.3, -0.25) is 0 Å². The van der Waals surface area contributed by atoms with Crippen LogP contribution in [0, 0.1) is 5.92 Å². The molecule has 2 saturated carbocycles. The normalized spacial score (nSPS) is 28.0. The second-order valence-corrected chi connectivity index (χ2v) is 6.64. The van der Waals surface area contributed by atoms with Crippen molar-refractivity contribution in [2.24, 2.45) is 5.92 Å². The van der Waals surface area contributed by atoms with Crippen LogP contribution in [0.15, 0.2) is 5.16 Å². The number of hydrogen-bond donors (Lipinski definition) is 0. The number of thioether (sulfide) groups is 1. The van der Waals surface area contributed by atoms with Crippen LogP contribution in [0.25, 0.3) is 0 Å². The average Bonchev–Trinajstić information content (AvgIpc) is 3.06. The van der Waals surface area contributed by atoms with Crippen LogP contribution < -0.4 is 0 Å². The van der Waals surface area contributed by atoms with E-state index in [4.69, 9.17) is 23.2 Å². The Kier molecular flexibility index (Phi) is 2.37. The van der Waals surface area contributed by atoms with Gasteiger partial charge in [-0.05, 0) is 29.7 Å². The van der Waals surface area contributed by atoms with E-state index in [2.05, 4.69) is 15.5 Å². The second kappa shape index (κ2) is 3.50. The Hall–Kier alpha value is -0.000000000000000167. The Labute approximate surface area is 102 Å². The van der Waals surface area contributed by atoms with E-state index in [9.17, 15) is 0 Å². The zero-order chi connectivity index (χ0) is 10.5. The van der Waals surface area contributed by atoms with Gasteiger partial charge >= 0.3 is 0 Å². The second-order valence-electron chi connectivity index (χ2n) is 4.11. The molecule has 4 nitrogen and oxygen atoms in total. The zero-order valence-electron chi connectivity index (χ0n) is 7.94. The monoisotopic (exact) mass is 264 g/mol. The van der Waals surface area contributed by atoms with Gasteiger partial charge in [-0.25, -0.2) is 4.68 Å². The van der Waals surface area contributed by atoms with Crippen LogP contribution in [0.2, 0.25) is 0 Å². The van der Waals surface area contributed by atoms with Crippen molar-refractivity contribution in [1.82, 2.24) is 20.2 Å². The van der Waals surface area contributed by atoms with Crippen molar-refractivity contribution in [3.8, 4) is 0 Å². The molecule has 1 aromatic heterocycles. The Morgan fingerprint density at radius 3 is 2.80 bits per heavy atom. The van der Waals surface area contributed by atoms with E-state index >= 15 is 0 Å². The molecule has 3 rings (SSSR count). The molecule has 1 aromatic rings. The Morgan fingerprint density at radius 1 is 1.47 bits per heavy atom. The number of hydrogen-bond acceptors (Lipinski definition) is 4. The summed E-state index contributed by atoms with van der Waals surface area (Å²) in [7, 11) is 0. The maximum absolute atomic E-state index is 5.96. The van der Waals surface area contributed by atoms with Crippen molar-refractivity contribution in [3.05, 3.63) is 0 Å². The van der Waals surface area contributed by atoms with Crippen LogP contribution in [-0.4, -0.2) is 30.3 Å². The number of alkyl halides is 2. The molecule has 0 saturated heterocycles. The van der Waals surface area contributed by atoms with Gasteiger partial charge in [0.2, 0.25) is 5.16 Å². The van der Waals surface area contributed by atoms with Crippen molar-refractivity contribution < 1.29 is 0 Å². The minimum atomic E-state index is -0.495. The number of tetrazole rings is 1. The smallest absolute Gasteiger partial charge is 0.209 e. The van der Waals surface area contributed by atoms with Crippen molar-refractivity contribution >= 4 is 35.0 Å². The molecule has 0 aliphatic heterocycles. The first-order valence-electron chi connectivity index (χ1n) is 4.95. The molecule has 2 aliphatic carbocycles. The molecule has 0 aromatic carbocycles. The van der Waals surface area contributed by atoms with Crippen LogP contribution in [0.5, 0.6) is 0 Å². The lowest BCUT2D eigenvalue weighted by atomic mass is 10.5. The Balaban J connectivity index is 1.60. The summed E-state index contributed by atoms with van der Waals surface area (Å²) in [6.07, 6.45) is 3.27. The minimum Gasteiger partial charge on any atom is -0.217 e.